The molecule has 0 atom stereocenters. The molecule has 0 spiro atoms. The third-order valence-corrected chi connectivity index (χ3v) is 5.66. The van der Waals surface area contributed by atoms with Crippen LogP contribution in [0, 0.1) is 0 Å². The van der Waals surface area contributed by atoms with Gasteiger partial charge in [-0.2, -0.15) is 0 Å². The maximum absolute atomic E-state index is 12.4. The van der Waals surface area contributed by atoms with Gasteiger partial charge in [-0.15, -0.1) is 23.7 Å². The van der Waals surface area contributed by atoms with Crippen LogP contribution in [0.4, 0.5) is 5.00 Å². The Morgan fingerprint density at radius 1 is 1.24 bits per heavy atom. The number of esters is 1. The first-order valence-electron chi connectivity index (χ1n) is 8.73. The van der Waals surface area contributed by atoms with Crippen LogP contribution in [0.1, 0.15) is 40.6 Å². The Morgan fingerprint density at radius 3 is 2.88 bits per heavy atom. The number of hydrogen-bond donors (Lipinski definition) is 2. The van der Waals surface area contributed by atoms with Crippen LogP contribution in [0.3, 0.4) is 0 Å². The van der Waals surface area contributed by atoms with E-state index in [1.54, 1.807) is 6.92 Å². The van der Waals surface area contributed by atoms with Crippen LogP contribution in [-0.4, -0.2) is 56.1 Å². The van der Waals surface area contributed by atoms with Crippen molar-refractivity contribution in [2.24, 2.45) is 0 Å². The number of halogens is 1. The number of ether oxygens (including phenoxy) is 1. The number of amides is 1. The lowest BCUT2D eigenvalue weighted by Gasteiger charge is -2.18. The molecule has 1 aromatic rings. The Hall–Kier alpha value is -1.15. The number of fused-ring (bicyclic) bond motifs is 1. The molecule has 3 rings (SSSR count). The second-order valence-corrected chi connectivity index (χ2v) is 7.31. The van der Waals surface area contributed by atoms with Gasteiger partial charge in [0.2, 0.25) is 5.91 Å². The van der Waals surface area contributed by atoms with Gasteiger partial charge in [0, 0.05) is 18.0 Å². The quantitative estimate of drug-likeness (QED) is 0.757. The van der Waals surface area contributed by atoms with E-state index < -0.39 is 0 Å². The van der Waals surface area contributed by atoms with Crippen LogP contribution in [0.15, 0.2) is 0 Å². The van der Waals surface area contributed by atoms with Crippen molar-refractivity contribution in [1.29, 1.82) is 0 Å². The highest BCUT2D eigenvalue weighted by molar-refractivity contribution is 7.17. The molecule has 1 fully saturated rings. The Labute approximate surface area is 158 Å². The zero-order valence-corrected chi connectivity index (χ0v) is 16.2. The largest absolute Gasteiger partial charge is 0.462 e. The van der Waals surface area contributed by atoms with Crippen molar-refractivity contribution in [3.63, 3.8) is 0 Å². The third-order valence-electron chi connectivity index (χ3n) is 4.45. The van der Waals surface area contributed by atoms with Crippen LogP contribution in [0.25, 0.3) is 0 Å². The summed E-state index contributed by atoms with van der Waals surface area (Å²) in [5.74, 6) is -0.367. The van der Waals surface area contributed by atoms with Gasteiger partial charge >= 0.3 is 5.97 Å². The number of nitrogens with one attached hydrogen (secondary N) is 2. The van der Waals surface area contributed by atoms with Crippen molar-refractivity contribution < 1.29 is 14.3 Å². The van der Waals surface area contributed by atoms with E-state index >= 15 is 0 Å². The van der Waals surface area contributed by atoms with E-state index in [0.717, 1.165) is 57.4 Å². The van der Waals surface area contributed by atoms with Crippen molar-refractivity contribution in [3.8, 4) is 0 Å². The van der Waals surface area contributed by atoms with E-state index in [9.17, 15) is 9.59 Å². The number of thiophene rings is 1. The molecule has 6 nitrogen and oxygen atoms in total. The molecule has 1 aromatic heterocycles. The van der Waals surface area contributed by atoms with E-state index in [2.05, 4.69) is 15.5 Å². The van der Waals surface area contributed by atoms with Crippen LogP contribution in [-0.2, 0) is 22.4 Å². The molecule has 0 unspecified atom stereocenters. The second-order valence-electron chi connectivity index (χ2n) is 6.21. The lowest BCUT2D eigenvalue weighted by atomic mass is 10.1. The number of carbonyl (C=O) groups excluding carboxylic acids is 2. The van der Waals surface area contributed by atoms with Gasteiger partial charge in [-0.25, -0.2) is 4.79 Å². The Bertz CT molecular complexity index is 613. The number of carbonyl (C=O) groups is 2. The summed E-state index contributed by atoms with van der Waals surface area (Å²) in [5.41, 5.74) is 1.66. The monoisotopic (exact) mass is 387 g/mol. The maximum Gasteiger partial charge on any atom is 0.341 e. The maximum atomic E-state index is 12.4. The van der Waals surface area contributed by atoms with Gasteiger partial charge in [0.1, 0.15) is 5.00 Å². The van der Waals surface area contributed by atoms with E-state index in [1.807, 2.05) is 0 Å². The van der Waals surface area contributed by atoms with Gasteiger partial charge in [-0.3, -0.25) is 9.69 Å². The average Bonchev–Trinajstić information content (AvgIpc) is 3.00. The lowest BCUT2D eigenvalue weighted by molar-refractivity contribution is -0.117. The predicted molar refractivity (Wildman–Crippen MR) is 102 cm³/mol. The molecule has 1 aliphatic heterocycles. The summed E-state index contributed by atoms with van der Waals surface area (Å²) >= 11 is 1.53. The Morgan fingerprint density at radius 2 is 2.08 bits per heavy atom. The van der Waals surface area contributed by atoms with Gasteiger partial charge in [0.15, 0.2) is 0 Å². The lowest BCUT2D eigenvalue weighted by Crippen LogP contribution is -2.35. The van der Waals surface area contributed by atoms with Crippen molar-refractivity contribution in [1.82, 2.24) is 10.2 Å². The van der Waals surface area contributed by atoms with Gasteiger partial charge in [-0.05, 0) is 51.3 Å². The highest BCUT2D eigenvalue weighted by Crippen LogP contribution is 2.39. The molecular formula is C17H26ClN3O3S. The van der Waals surface area contributed by atoms with Crippen molar-refractivity contribution in [2.45, 2.75) is 32.6 Å². The van der Waals surface area contributed by atoms with Crippen molar-refractivity contribution in [3.05, 3.63) is 16.0 Å². The molecule has 140 valence electrons. The first kappa shape index (κ1) is 20.2. The van der Waals surface area contributed by atoms with Gasteiger partial charge in [0.05, 0.1) is 18.7 Å². The smallest absolute Gasteiger partial charge is 0.341 e. The van der Waals surface area contributed by atoms with E-state index in [1.165, 1.54) is 16.2 Å². The molecule has 0 radical (unpaired) electrons. The molecule has 25 heavy (non-hydrogen) atoms. The molecule has 1 amide bonds. The zero-order valence-electron chi connectivity index (χ0n) is 14.6. The highest BCUT2D eigenvalue weighted by Gasteiger charge is 2.28. The van der Waals surface area contributed by atoms with E-state index in [4.69, 9.17) is 4.74 Å². The third kappa shape index (κ3) is 4.94. The molecule has 2 heterocycles. The molecule has 0 bridgehead atoms. The number of nitrogens with zero attached hydrogens (tertiary/aromatic N) is 1. The van der Waals surface area contributed by atoms with Gasteiger partial charge < -0.3 is 15.4 Å². The molecule has 1 saturated heterocycles. The van der Waals surface area contributed by atoms with Gasteiger partial charge in [-0.1, -0.05) is 0 Å². The SMILES string of the molecule is CCOC(=O)c1c(NC(=O)CN2CCCNCC2)sc2c1CCC2.Cl. The van der Waals surface area contributed by atoms with Gasteiger partial charge in [0.25, 0.3) is 0 Å². The average molecular weight is 388 g/mol. The van der Waals surface area contributed by atoms with Crippen molar-refractivity contribution >= 4 is 40.6 Å². The van der Waals surface area contributed by atoms with Crippen LogP contribution >= 0.6 is 23.7 Å². The summed E-state index contributed by atoms with van der Waals surface area (Å²) in [6.07, 6.45) is 4.00. The molecule has 2 N–H and O–H groups in total. The fraction of sp³-hybridized carbons (Fsp3) is 0.647. The summed E-state index contributed by atoms with van der Waals surface area (Å²) in [6.45, 7) is 6.23. The number of aryl methyl sites for hydroxylation is 1. The minimum absolute atomic E-state index is 0. The zero-order chi connectivity index (χ0) is 16.9. The number of hydrogen-bond acceptors (Lipinski definition) is 6. The topological polar surface area (TPSA) is 70.7 Å². The second kappa shape index (κ2) is 9.52. The summed E-state index contributed by atoms with van der Waals surface area (Å²) in [4.78, 5) is 28.1. The standard InChI is InChI=1S/C17H25N3O3S.ClH/c1-2-23-17(22)15-12-5-3-6-13(12)24-16(15)19-14(21)11-20-9-4-7-18-8-10-20;/h18H,2-11H2,1H3,(H,19,21);1H. The van der Waals surface area contributed by atoms with E-state index in [0.29, 0.717) is 23.7 Å². The van der Waals surface area contributed by atoms with Crippen LogP contribution in [0.5, 0.6) is 0 Å². The summed E-state index contributed by atoms with van der Waals surface area (Å²) < 4.78 is 5.20. The van der Waals surface area contributed by atoms with Crippen LogP contribution < -0.4 is 10.6 Å². The van der Waals surface area contributed by atoms with E-state index in [-0.39, 0.29) is 24.3 Å². The summed E-state index contributed by atoms with van der Waals surface area (Å²) in [5, 5.41) is 6.96. The molecule has 8 heteroatoms. The molecule has 2 aliphatic rings. The molecular weight excluding hydrogens is 362 g/mol. The normalized spacial score (nSPS) is 17.3. The fourth-order valence-corrected chi connectivity index (χ4v) is 4.63. The summed E-state index contributed by atoms with van der Waals surface area (Å²) in [7, 11) is 0. The molecule has 0 aromatic carbocycles. The first-order valence-corrected chi connectivity index (χ1v) is 9.55. The molecule has 0 saturated carbocycles. The minimum Gasteiger partial charge on any atom is -0.462 e. The minimum atomic E-state index is -0.314. The first-order chi connectivity index (χ1) is 11.7. The summed E-state index contributed by atoms with van der Waals surface area (Å²) in [6, 6.07) is 0. The predicted octanol–water partition coefficient (Wildman–Crippen LogP) is 2.07. The number of rotatable bonds is 5. The number of anilines is 1. The highest BCUT2D eigenvalue weighted by atomic mass is 35.5. The Kier molecular flexibility index (Phi) is 7.68. The molecule has 1 aliphatic carbocycles. The van der Waals surface area contributed by atoms with Crippen LogP contribution in [0.2, 0.25) is 0 Å². The van der Waals surface area contributed by atoms with Crippen molar-refractivity contribution in [2.75, 3.05) is 44.6 Å². The Balaban J connectivity index is 0.00000225. The fourth-order valence-electron chi connectivity index (χ4n) is 3.34.